The number of carboxylic acid groups (broad SMARTS) is 1. The monoisotopic (exact) mass is 433 g/mol. The van der Waals surface area contributed by atoms with Gasteiger partial charge in [0.1, 0.15) is 15.9 Å². The number of unbranched alkanes of at least 4 members (excludes halogenated alkanes) is 15. The average Bonchev–Trinajstić information content (AvgIpc) is 2.67. The predicted octanol–water partition coefficient (Wildman–Crippen LogP) is 5.85. The number of sulfone groups is 1. The van der Waals surface area contributed by atoms with Gasteiger partial charge in [-0.25, -0.2) is 8.42 Å². The molecule has 0 aromatic heterocycles. The molecule has 0 saturated heterocycles. The molecule has 0 rings (SSSR count). The molecule has 0 aliphatic rings. The Hall–Kier alpha value is -0.620. The van der Waals surface area contributed by atoms with Crippen LogP contribution in [0.15, 0.2) is 0 Å². The Balaban J connectivity index is 3.35. The van der Waals surface area contributed by atoms with Crippen molar-refractivity contribution in [3.05, 3.63) is 0 Å². The van der Waals surface area contributed by atoms with Crippen molar-refractivity contribution >= 4 is 15.8 Å². The summed E-state index contributed by atoms with van der Waals surface area (Å²) in [5.74, 6) is -0.805. The fourth-order valence-electron chi connectivity index (χ4n) is 3.62. The summed E-state index contributed by atoms with van der Waals surface area (Å²) in [6, 6.07) is -0.958. The summed E-state index contributed by atoms with van der Waals surface area (Å²) in [5.41, 5.74) is 5.39. The number of nitrogens with two attached hydrogens (primary N) is 1. The number of carboxylic acids is 1. The minimum absolute atomic E-state index is 0.0483. The van der Waals surface area contributed by atoms with Crippen LogP contribution in [0.25, 0.3) is 0 Å². The van der Waals surface area contributed by atoms with Crippen LogP contribution < -0.4 is 5.73 Å². The van der Waals surface area contributed by atoms with E-state index >= 15 is 0 Å². The van der Waals surface area contributed by atoms with Crippen LogP contribution in [0.4, 0.5) is 0 Å². The quantitative estimate of drug-likeness (QED) is 0.209. The molecular weight excluding hydrogens is 386 g/mol. The molecule has 0 aliphatic heterocycles. The van der Waals surface area contributed by atoms with Crippen molar-refractivity contribution in [1.82, 2.24) is 0 Å². The highest BCUT2D eigenvalue weighted by Gasteiger charge is 2.14. The average molecular weight is 434 g/mol. The predicted molar refractivity (Wildman–Crippen MR) is 123 cm³/mol. The Morgan fingerprint density at radius 1 is 0.690 bits per heavy atom. The molecule has 0 aromatic carbocycles. The van der Waals surface area contributed by atoms with Gasteiger partial charge in [-0.05, 0) is 19.3 Å². The van der Waals surface area contributed by atoms with Crippen molar-refractivity contribution in [3.63, 3.8) is 0 Å². The molecular formula is C23H47NO4S. The van der Waals surface area contributed by atoms with Gasteiger partial charge in [0.25, 0.3) is 0 Å². The maximum Gasteiger partial charge on any atom is 0.320 e. The highest BCUT2D eigenvalue weighted by molar-refractivity contribution is 7.91. The lowest BCUT2D eigenvalue weighted by atomic mass is 10.0. The first kappa shape index (κ1) is 28.4. The van der Waals surface area contributed by atoms with E-state index in [-0.39, 0.29) is 17.9 Å². The Morgan fingerprint density at radius 3 is 1.41 bits per heavy atom. The first-order valence-corrected chi connectivity index (χ1v) is 13.9. The Morgan fingerprint density at radius 2 is 1.03 bits per heavy atom. The lowest BCUT2D eigenvalue weighted by Crippen LogP contribution is -2.30. The summed E-state index contributed by atoms with van der Waals surface area (Å²) in [5, 5.41) is 8.70. The van der Waals surface area contributed by atoms with Crippen molar-refractivity contribution < 1.29 is 18.3 Å². The summed E-state index contributed by atoms with van der Waals surface area (Å²) in [7, 11) is -3.07. The molecule has 1 atom stereocenters. The van der Waals surface area contributed by atoms with Crippen LogP contribution in [0.5, 0.6) is 0 Å². The molecule has 0 amide bonds. The van der Waals surface area contributed by atoms with E-state index in [0.717, 1.165) is 12.8 Å². The normalized spacial score (nSPS) is 12.9. The number of aliphatic carboxylic acids is 1. The van der Waals surface area contributed by atoms with Crippen molar-refractivity contribution in [2.45, 2.75) is 129 Å². The molecule has 0 heterocycles. The molecule has 0 aromatic rings. The molecule has 29 heavy (non-hydrogen) atoms. The molecule has 0 radical (unpaired) electrons. The van der Waals surface area contributed by atoms with Gasteiger partial charge in [0.05, 0.1) is 11.5 Å². The maximum absolute atomic E-state index is 11.9. The van der Waals surface area contributed by atoms with E-state index in [1.165, 1.54) is 83.5 Å². The molecule has 174 valence electrons. The fraction of sp³-hybridized carbons (Fsp3) is 0.957. The highest BCUT2D eigenvalue weighted by Crippen LogP contribution is 2.14. The fourth-order valence-corrected chi connectivity index (χ4v) is 5.07. The number of hydrogen-bond acceptors (Lipinski definition) is 4. The number of rotatable bonds is 22. The van der Waals surface area contributed by atoms with Crippen LogP contribution in [0.3, 0.4) is 0 Å². The van der Waals surface area contributed by atoms with E-state index in [4.69, 9.17) is 10.8 Å². The largest absolute Gasteiger partial charge is 0.480 e. The van der Waals surface area contributed by atoms with Gasteiger partial charge in [-0.15, -0.1) is 0 Å². The van der Waals surface area contributed by atoms with Gasteiger partial charge in [0.2, 0.25) is 0 Å². The zero-order valence-electron chi connectivity index (χ0n) is 18.9. The molecule has 0 fully saturated rings. The molecule has 5 nitrogen and oxygen atoms in total. The van der Waals surface area contributed by atoms with Crippen molar-refractivity contribution in [2.24, 2.45) is 5.73 Å². The minimum atomic E-state index is -3.07. The molecule has 1 unspecified atom stereocenters. The van der Waals surface area contributed by atoms with Gasteiger partial charge in [-0.3, -0.25) is 4.79 Å². The molecule has 6 heteroatoms. The lowest BCUT2D eigenvalue weighted by Gasteiger charge is -2.07. The third-order valence-corrected chi connectivity index (χ3v) is 7.42. The van der Waals surface area contributed by atoms with E-state index in [1.807, 2.05) is 0 Å². The van der Waals surface area contributed by atoms with Gasteiger partial charge < -0.3 is 10.8 Å². The first-order valence-electron chi connectivity index (χ1n) is 12.1. The van der Waals surface area contributed by atoms with E-state index in [2.05, 4.69) is 6.92 Å². The van der Waals surface area contributed by atoms with Crippen molar-refractivity contribution in [3.8, 4) is 0 Å². The number of hydrogen-bond donors (Lipinski definition) is 2. The van der Waals surface area contributed by atoms with Gasteiger partial charge in [-0.1, -0.05) is 103 Å². The first-order chi connectivity index (χ1) is 13.9. The zero-order valence-corrected chi connectivity index (χ0v) is 19.7. The smallest absolute Gasteiger partial charge is 0.320 e. The third kappa shape index (κ3) is 20.4. The Labute approximate surface area is 180 Å². The minimum Gasteiger partial charge on any atom is -0.480 e. The third-order valence-electron chi connectivity index (χ3n) is 5.60. The summed E-state index contributed by atoms with van der Waals surface area (Å²) < 4.78 is 23.9. The second-order valence-corrected chi connectivity index (χ2v) is 10.8. The molecule has 3 N–H and O–H groups in total. The summed E-state index contributed by atoms with van der Waals surface area (Å²) in [6.45, 7) is 2.26. The van der Waals surface area contributed by atoms with Crippen LogP contribution in [0, 0.1) is 0 Å². The lowest BCUT2D eigenvalue weighted by molar-refractivity contribution is -0.138. The van der Waals surface area contributed by atoms with Crippen LogP contribution in [0.2, 0.25) is 0 Å². The van der Waals surface area contributed by atoms with Gasteiger partial charge in [0, 0.05) is 0 Å². The SMILES string of the molecule is CCCCCCCCCCCCCCCCCCS(=O)(=O)CCCC(N)C(=O)O. The van der Waals surface area contributed by atoms with E-state index < -0.39 is 21.8 Å². The molecule has 0 saturated carbocycles. The van der Waals surface area contributed by atoms with Crippen LogP contribution in [0.1, 0.15) is 122 Å². The second kappa shape index (κ2) is 19.3. The van der Waals surface area contributed by atoms with Crippen LogP contribution in [-0.4, -0.2) is 37.0 Å². The van der Waals surface area contributed by atoms with Crippen molar-refractivity contribution in [2.75, 3.05) is 11.5 Å². The summed E-state index contributed by atoms with van der Waals surface area (Å²) >= 11 is 0. The summed E-state index contributed by atoms with van der Waals surface area (Å²) in [6.07, 6.45) is 20.9. The van der Waals surface area contributed by atoms with E-state index in [0.29, 0.717) is 12.8 Å². The number of carbonyl (C=O) groups is 1. The zero-order chi connectivity index (χ0) is 21.8. The van der Waals surface area contributed by atoms with Crippen LogP contribution >= 0.6 is 0 Å². The molecule has 0 spiro atoms. The van der Waals surface area contributed by atoms with E-state index in [9.17, 15) is 13.2 Å². The van der Waals surface area contributed by atoms with Gasteiger partial charge >= 0.3 is 5.97 Å². The topological polar surface area (TPSA) is 97.5 Å². The highest BCUT2D eigenvalue weighted by atomic mass is 32.2. The summed E-state index contributed by atoms with van der Waals surface area (Å²) in [4.78, 5) is 10.6. The molecule has 0 aliphatic carbocycles. The van der Waals surface area contributed by atoms with Crippen molar-refractivity contribution in [1.29, 1.82) is 0 Å². The second-order valence-electron chi connectivity index (χ2n) is 8.54. The van der Waals surface area contributed by atoms with Gasteiger partial charge in [-0.2, -0.15) is 0 Å². The maximum atomic E-state index is 11.9. The Bertz CT molecular complexity index is 479. The Kier molecular flexibility index (Phi) is 18.9. The van der Waals surface area contributed by atoms with Crippen LogP contribution in [-0.2, 0) is 14.6 Å². The standard InChI is InChI=1S/C23H47NO4S/c1-2-3-4-5-6-7-8-9-10-11-12-13-14-15-16-17-20-29(27,28)21-18-19-22(24)23(25)26/h22H,2-21,24H2,1H3,(H,25,26). The molecule has 0 bridgehead atoms. The van der Waals surface area contributed by atoms with E-state index in [1.54, 1.807) is 0 Å². The van der Waals surface area contributed by atoms with Gasteiger partial charge in [0.15, 0.2) is 0 Å².